The van der Waals surface area contributed by atoms with E-state index in [1.54, 1.807) is 32.0 Å². The molecule has 1 aliphatic heterocycles. The summed E-state index contributed by atoms with van der Waals surface area (Å²) in [6.07, 6.45) is 2.38. The minimum absolute atomic E-state index is 0.0599. The first-order valence-corrected chi connectivity index (χ1v) is 12.0. The summed E-state index contributed by atoms with van der Waals surface area (Å²) in [6.45, 7) is 3.10. The third kappa shape index (κ3) is 5.09. The van der Waals surface area contributed by atoms with Crippen molar-refractivity contribution in [1.82, 2.24) is 15.6 Å². The van der Waals surface area contributed by atoms with Gasteiger partial charge >= 0.3 is 0 Å². The van der Waals surface area contributed by atoms with Gasteiger partial charge in [0.15, 0.2) is 0 Å². The summed E-state index contributed by atoms with van der Waals surface area (Å²) < 4.78 is 27.8. The largest absolute Gasteiger partial charge is 0.378 e. The van der Waals surface area contributed by atoms with E-state index < -0.39 is 23.3 Å². The van der Waals surface area contributed by atoms with Crippen molar-refractivity contribution in [3.05, 3.63) is 88.2 Å². The molecule has 2 aliphatic rings. The molecule has 0 bridgehead atoms. The lowest BCUT2D eigenvalue weighted by Gasteiger charge is -2.20. The average molecular weight is 502 g/mol. The Labute approximate surface area is 213 Å². The molecule has 1 fully saturated rings. The number of nitrogens with one attached hydrogen (secondary N) is 2. The second kappa shape index (κ2) is 9.09. The fraction of sp³-hybridized carbons (Fsp3) is 0.276. The van der Waals surface area contributed by atoms with Crippen molar-refractivity contribution >= 4 is 12.3 Å². The monoisotopic (exact) mass is 501 g/mol. The van der Waals surface area contributed by atoms with Crippen LogP contribution in [-0.2, 0) is 16.8 Å². The van der Waals surface area contributed by atoms with Gasteiger partial charge in [0.2, 0.25) is 6.41 Å². The summed E-state index contributed by atoms with van der Waals surface area (Å²) >= 11 is 0. The molecular formula is C29H25F2N3O3. The lowest BCUT2D eigenvalue weighted by molar-refractivity contribution is -0.110. The van der Waals surface area contributed by atoms with Crippen LogP contribution in [0.5, 0.6) is 0 Å². The predicted molar refractivity (Wildman–Crippen MR) is 133 cm³/mol. The van der Waals surface area contributed by atoms with Gasteiger partial charge < -0.3 is 15.7 Å². The maximum atomic E-state index is 13.9. The first kappa shape index (κ1) is 24.6. The number of benzene rings is 2. The Bertz CT molecular complexity index is 1460. The third-order valence-electron chi connectivity index (χ3n) is 6.58. The van der Waals surface area contributed by atoms with Crippen LogP contribution >= 0.6 is 0 Å². The van der Waals surface area contributed by atoms with Crippen LogP contribution in [0.2, 0.25) is 0 Å². The van der Waals surface area contributed by atoms with Gasteiger partial charge in [-0.05, 0) is 86.1 Å². The summed E-state index contributed by atoms with van der Waals surface area (Å²) in [5, 5.41) is 15.8. The summed E-state index contributed by atoms with van der Waals surface area (Å²) in [4.78, 5) is 28.9. The maximum absolute atomic E-state index is 13.9. The van der Waals surface area contributed by atoms with E-state index in [1.807, 2.05) is 12.1 Å². The van der Waals surface area contributed by atoms with Crippen molar-refractivity contribution in [2.24, 2.45) is 0 Å². The third-order valence-corrected chi connectivity index (χ3v) is 6.58. The van der Waals surface area contributed by atoms with E-state index in [9.17, 15) is 23.5 Å². The normalized spacial score (nSPS) is 15.9. The molecule has 8 heteroatoms. The minimum Gasteiger partial charge on any atom is -0.378 e. The van der Waals surface area contributed by atoms with E-state index >= 15 is 0 Å². The molecule has 2 amide bonds. The van der Waals surface area contributed by atoms with Gasteiger partial charge in [-0.3, -0.25) is 9.59 Å². The van der Waals surface area contributed by atoms with E-state index in [0.29, 0.717) is 40.1 Å². The second-order valence-electron chi connectivity index (χ2n) is 10.1. The minimum atomic E-state index is -1.24. The van der Waals surface area contributed by atoms with Gasteiger partial charge in [-0.1, -0.05) is 18.1 Å². The summed E-state index contributed by atoms with van der Waals surface area (Å²) in [5.41, 5.74) is 2.51. The number of carbonyl (C=O) groups excluding carboxylic acids is 2. The molecule has 5 rings (SSSR count). The van der Waals surface area contributed by atoms with Crippen molar-refractivity contribution in [2.45, 2.75) is 50.3 Å². The van der Waals surface area contributed by atoms with Gasteiger partial charge in [0, 0.05) is 17.2 Å². The highest BCUT2D eigenvalue weighted by Crippen LogP contribution is 2.51. The lowest BCUT2D eigenvalue weighted by Crippen LogP contribution is -2.25. The molecule has 6 nitrogen and oxygen atoms in total. The first-order valence-electron chi connectivity index (χ1n) is 12.0. The van der Waals surface area contributed by atoms with E-state index in [-0.39, 0.29) is 17.9 Å². The van der Waals surface area contributed by atoms with Crippen LogP contribution in [0.1, 0.15) is 65.6 Å². The van der Waals surface area contributed by atoms with Gasteiger partial charge in [-0.25, -0.2) is 13.8 Å². The summed E-state index contributed by atoms with van der Waals surface area (Å²) in [6, 6.07) is 11.5. The van der Waals surface area contributed by atoms with Crippen LogP contribution in [0, 0.1) is 23.5 Å². The molecule has 37 heavy (non-hydrogen) atoms. The molecule has 1 saturated carbocycles. The van der Waals surface area contributed by atoms with Crippen LogP contribution in [-0.4, -0.2) is 28.0 Å². The highest BCUT2D eigenvalue weighted by molar-refractivity contribution is 6.01. The molecule has 2 aromatic carbocycles. The van der Waals surface area contributed by atoms with Crippen molar-refractivity contribution in [2.75, 3.05) is 0 Å². The molecule has 0 radical (unpaired) electrons. The number of hydrogen-bond acceptors (Lipinski definition) is 4. The van der Waals surface area contributed by atoms with Gasteiger partial charge in [0.05, 0.1) is 17.3 Å². The number of aromatic nitrogens is 1. The SMILES string of the molecule is CC(C)(O)C#Cc1ccc(-c2ccc3c(c2)C(=O)NC32CC2)c(C(Cc2cc(F)cc(F)c2)NC=O)n1. The van der Waals surface area contributed by atoms with Gasteiger partial charge in [-0.15, -0.1) is 0 Å². The van der Waals surface area contributed by atoms with E-state index in [4.69, 9.17) is 0 Å². The standard InChI is InChI=1S/C29H25F2N3O3/c1-28(2,37)8-7-21-4-5-22(18-3-6-24-23(14-18)27(36)34-29(24)9-10-29)26(33-21)25(32-16-35)13-17-11-19(30)15-20(31)12-17/h3-6,11-12,14-16,25,37H,9-10,13H2,1-2H3,(H,32,35)(H,34,36). The molecule has 188 valence electrons. The number of carbonyl (C=O) groups is 2. The number of halogens is 2. The first-order chi connectivity index (χ1) is 17.6. The van der Waals surface area contributed by atoms with Gasteiger partial charge in [-0.2, -0.15) is 0 Å². The number of amides is 2. The summed E-state index contributed by atoms with van der Waals surface area (Å²) in [7, 11) is 0. The van der Waals surface area contributed by atoms with Gasteiger partial charge in [0.1, 0.15) is 22.9 Å². The Balaban J connectivity index is 1.62. The second-order valence-corrected chi connectivity index (χ2v) is 10.1. The highest BCUT2D eigenvalue weighted by atomic mass is 19.1. The average Bonchev–Trinajstić information content (AvgIpc) is 3.55. The Morgan fingerprint density at radius 3 is 2.51 bits per heavy atom. The lowest BCUT2D eigenvalue weighted by atomic mass is 9.92. The van der Waals surface area contributed by atoms with Crippen LogP contribution in [0.15, 0.2) is 48.5 Å². The molecule has 3 N–H and O–H groups in total. The number of rotatable bonds is 6. The quantitative estimate of drug-likeness (QED) is 0.353. The zero-order valence-corrected chi connectivity index (χ0v) is 20.4. The van der Waals surface area contributed by atoms with Crippen molar-refractivity contribution in [3.8, 4) is 23.0 Å². The highest BCUT2D eigenvalue weighted by Gasteiger charge is 2.52. The van der Waals surface area contributed by atoms with Crippen molar-refractivity contribution < 1.29 is 23.5 Å². The molecule has 0 saturated heterocycles. The zero-order chi connectivity index (χ0) is 26.4. The van der Waals surface area contributed by atoms with Crippen LogP contribution in [0.25, 0.3) is 11.1 Å². The smallest absolute Gasteiger partial charge is 0.252 e. The number of fused-ring (bicyclic) bond motifs is 2. The Hall–Kier alpha value is -4.09. The van der Waals surface area contributed by atoms with E-state index in [0.717, 1.165) is 24.5 Å². The summed E-state index contributed by atoms with van der Waals surface area (Å²) in [5.74, 6) is 3.97. The molecule has 1 aromatic heterocycles. The molecule has 1 aliphatic carbocycles. The molecule has 1 spiro atoms. The van der Waals surface area contributed by atoms with Crippen LogP contribution in [0.4, 0.5) is 8.78 Å². The van der Waals surface area contributed by atoms with Gasteiger partial charge in [0.25, 0.3) is 5.91 Å². The Morgan fingerprint density at radius 2 is 1.86 bits per heavy atom. The number of nitrogens with zero attached hydrogens (tertiary/aromatic N) is 1. The molecule has 1 atom stereocenters. The predicted octanol–water partition coefficient (Wildman–Crippen LogP) is 3.91. The maximum Gasteiger partial charge on any atom is 0.252 e. The van der Waals surface area contributed by atoms with Crippen LogP contribution in [0.3, 0.4) is 0 Å². The Morgan fingerprint density at radius 1 is 1.14 bits per heavy atom. The molecule has 1 unspecified atom stereocenters. The van der Waals surface area contributed by atoms with Crippen molar-refractivity contribution in [1.29, 1.82) is 0 Å². The number of hydrogen-bond donors (Lipinski definition) is 3. The zero-order valence-electron chi connectivity index (χ0n) is 20.4. The number of pyridine rings is 1. The van der Waals surface area contributed by atoms with E-state index in [2.05, 4.69) is 27.5 Å². The molecular weight excluding hydrogens is 476 g/mol. The fourth-order valence-corrected chi connectivity index (χ4v) is 4.74. The molecule has 2 heterocycles. The fourth-order valence-electron chi connectivity index (χ4n) is 4.74. The van der Waals surface area contributed by atoms with Crippen molar-refractivity contribution in [3.63, 3.8) is 0 Å². The Kier molecular flexibility index (Phi) is 6.04. The topological polar surface area (TPSA) is 91.3 Å². The van der Waals surface area contributed by atoms with E-state index in [1.165, 1.54) is 12.1 Å². The van der Waals surface area contributed by atoms with Crippen LogP contribution < -0.4 is 10.6 Å². The number of aliphatic hydroxyl groups is 1. The molecule has 3 aromatic rings.